The van der Waals surface area contributed by atoms with Gasteiger partial charge in [-0.2, -0.15) is 0 Å². The van der Waals surface area contributed by atoms with Crippen LogP contribution < -0.4 is 14.8 Å². The second-order valence-corrected chi connectivity index (χ2v) is 5.69. The van der Waals surface area contributed by atoms with Gasteiger partial charge in [-0.1, -0.05) is 18.2 Å². The molecule has 0 heterocycles. The molecule has 0 fully saturated rings. The smallest absolute Gasteiger partial charge is 0.244 e. The number of hydrogen-bond acceptors (Lipinski definition) is 3. The number of rotatable bonds is 8. The topological polar surface area (TPSA) is 47.6 Å². The Morgan fingerprint density at radius 3 is 2.54 bits per heavy atom. The van der Waals surface area contributed by atoms with Gasteiger partial charge in [0.1, 0.15) is 5.82 Å². The summed E-state index contributed by atoms with van der Waals surface area (Å²) < 4.78 is 24.3. The maximum Gasteiger partial charge on any atom is 0.244 e. The van der Waals surface area contributed by atoms with Gasteiger partial charge in [0.25, 0.3) is 0 Å². The van der Waals surface area contributed by atoms with Crippen molar-refractivity contribution >= 4 is 12.0 Å². The van der Waals surface area contributed by atoms with E-state index in [2.05, 4.69) is 5.32 Å². The van der Waals surface area contributed by atoms with E-state index in [-0.39, 0.29) is 17.8 Å². The lowest BCUT2D eigenvalue weighted by Crippen LogP contribution is -2.24. The second kappa shape index (κ2) is 9.61. The van der Waals surface area contributed by atoms with Crippen LogP contribution in [-0.4, -0.2) is 19.1 Å². The highest BCUT2D eigenvalue weighted by Gasteiger charge is 2.12. The van der Waals surface area contributed by atoms with Gasteiger partial charge in [-0.15, -0.1) is 0 Å². The molecule has 1 atom stereocenters. The van der Waals surface area contributed by atoms with E-state index >= 15 is 0 Å². The predicted molar refractivity (Wildman–Crippen MR) is 101 cm³/mol. The SMILES string of the molecule is CCOc1ccc([C@@H](C)NC(=O)/C=C/c2cccc(F)c2)cc1OCC. The quantitative estimate of drug-likeness (QED) is 0.707. The van der Waals surface area contributed by atoms with Gasteiger partial charge in [0.15, 0.2) is 11.5 Å². The molecule has 0 radical (unpaired) electrons. The number of amides is 1. The van der Waals surface area contributed by atoms with Crippen LogP contribution in [0.4, 0.5) is 4.39 Å². The summed E-state index contributed by atoms with van der Waals surface area (Å²) in [4.78, 5) is 12.1. The van der Waals surface area contributed by atoms with E-state index in [1.165, 1.54) is 18.2 Å². The molecular formula is C21H24FNO3. The first kappa shape index (κ1) is 19.5. The Kier molecular flexibility index (Phi) is 7.21. The second-order valence-electron chi connectivity index (χ2n) is 5.69. The Hall–Kier alpha value is -2.82. The van der Waals surface area contributed by atoms with Crippen molar-refractivity contribution in [1.82, 2.24) is 5.32 Å². The molecule has 1 N–H and O–H groups in total. The molecule has 0 bridgehead atoms. The number of benzene rings is 2. The van der Waals surface area contributed by atoms with Crippen LogP contribution in [0.1, 0.15) is 37.9 Å². The van der Waals surface area contributed by atoms with Crippen molar-refractivity contribution < 1.29 is 18.7 Å². The van der Waals surface area contributed by atoms with Gasteiger partial charge in [0.05, 0.1) is 19.3 Å². The summed E-state index contributed by atoms with van der Waals surface area (Å²) in [5, 5.41) is 2.89. The molecule has 1 amide bonds. The molecule has 138 valence electrons. The standard InChI is InChI=1S/C21H24FNO3/c1-4-25-19-11-10-17(14-20(19)26-5-2)15(3)23-21(24)12-9-16-7-6-8-18(22)13-16/h6-15H,4-5H2,1-3H3,(H,23,24)/b12-9+/t15-/m1/s1. The fourth-order valence-electron chi connectivity index (χ4n) is 2.46. The van der Waals surface area contributed by atoms with E-state index in [4.69, 9.17) is 9.47 Å². The van der Waals surface area contributed by atoms with E-state index in [1.807, 2.05) is 39.0 Å². The minimum atomic E-state index is -0.334. The third-order valence-electron chi connectivity index (χ3n) is 3.70. The third kappa shape index (κ3) is 5.62. The average Bonchev–Trinajstić information content (AvgIpc) is 2.62. The molecular weight excluding hydrogens is 333 g/mol. The first-order valence-corrected chi connectivity index (χ1v) is 8.67. The highest BCUT2D eigenvalue weighted by Crippen LogP contribution is 2.30. The molecule has 5 heteroatoms. The Labute approximate surface area is 153 Å². The molecule has 0 aromatic heterocycles. The lowest BCUT2D eigenvalue weighted by Gasteiger charge is -2.17. The Morgan fingerprint density at radius 1 is 1.12 bits per heavy atom. The minimum absolute atomic E-state index is 0.213. The van der Waals surface area contributed by atoms with Gasteiger partial charge < -0.3 is 14.8 Å². The van der Waals surface area contributed by atoms with Gasteiger partial charge in [-0.05, 0) is 62.2 Å². The predicted octanol–water partition coefficient (Wildman–Crippen LogP) is 4.51. The summed E-state index contributed by atoms with van der Waals surface area (Å²) in [6, 6.07) is 11.5. The van der Waals surface area contributed by atoms with Gasteiger partial charge in [-0.25, -0.2) is 4.39 Å². The molecule has 2 aromatic carbocycles. The van der Waals surface area contributed by atoms with E-state index in [0.29, 0.717) is 30.3 Å². The van der Waals surface area contributed by atoms with Crippen LogP contribution >= 0.6 is 0 Å². The van der Waals surface area contributed by atoms with Crippen molar-refractivity contribution in [2.24, 2.45) is 0 Å². The first-order chi connectivity index (χ1) is 12.5. The van der Waals surface area contributed by atoms with Crippen LogP contribution in [0.5, 0.6) is 11.5 Å². The van der Waals surface area contributed by atoms with Gasteiger partial charge in [0.2, 0.25) is 5.91 Å². The van der Waals surface area contributed by atoms with Crippen LogP contribution in [-0.2, 0) is 4.79 Å². The van der Waals surface area contributed by atoms with Crippen LogP contribution in [0.2, 0.25) is 0 Å². The lowest BCUT2D eigenvalue weighted by molar-refractivity contribution is -0.117. The van der Waals surface area contributed by atoms with Crippen molar-refractivity contribution in [2.75, 3.05) is 13.2 Å². The normalized spacial score (nSPS) is 12.0. The highest BCUT2D eigenvalue weighted by atomic mass is 19.1. The fraction of sp³-hybridized carbons (Fsp3) is 0.286. The van der Waals surface area contributed by atoms with Crippen molar-refractivity contribution in [2.45, 2.75) is 26.8 Å². The van der Waals surface area contributed by atoms with Crippen molar-refractivity contribution in [3.05, 3.63) is 65.5 Å². The molecule has 4 nitrogen and oxygen atoms in total. The maximum atomic E-state index is 13.2. The number of halogens is 1. The van der Waals surface area contributed by atoms with Gasteiger partial charge in [-0.3, -0.25) is 4.79 Å². The summed E-state index contributed by atoms with van der Waals surface area (Å²) in [5.41, 5.74) is 1.54. The summed E-state index contributed by atoms with van der Waals surface area (Å²) in [5.74, 6) is 0.748. The van der Waals surface area contributed by atoms with Crippen LogP contribution in [0.15, 0.2) is 48.5 Å². The monoisotopic (exact) mass is 357 g/mol. The average molecular weight is 357 g/mol. The Bertz CT molecular complexity index is 774. The largest absolute Gasteiger partial charge is 0.490 e. The zero-order chi connectivity index (χ0) is 18.9. The first-order valence-electron chi connectivity index (χ1n) is 8.67. The van der Waals surface area contributed by atoms with E-state index in [1.54, 1.807) is 18.2 Å². The van der Waals surface area contributed by atoms with Gasteiger partial charge >= 0.3 is 0 Å². The van der Waals surface area contributed by atoms with Crippen molar-refractivity contribution in [1.29, 1.82) is 0 Å². The summed E-state index contributed by atoms with van der Waals surface area (Å²) >= 11 is 0. The molecule has 0 aliphatic carbocycles. The van der Waals surface area contributed by atoms with Crippen molar-refractivity contribution in [3.63, 3.8) is 0 Å². The lowest BCUT2D eigenvalue weighted by atomic mass is 10.1. The summed E-state index contributed by atoms with van der Waals surface area (Å²) in [6.07, 6.45) is 2.97. The molecule has 26 heavy (non-hydrogen) atoms. The number of carbonyl (C=O) groups is 1. The molecule has 0 unspecified atom stereocenters. The number of ether oxygens (including phenoxy) is 2. The molecule has 0 aliphatic heterocycles. The molecule has 0 aliphatic rings. The Morgan fingerprint density at radius 2 is 1.85 bits per heavy atom. The number of carbonyl (C=O) groups excluding carboxylic acids is 1. The third-order valence-corrected chi connectivity index (χ3v) is 3.70. The fourth-order valence-corrected chi connectivity index (χ4v) is 2.46. The number of nitrogens with one attached hydrogen (secondary N) is 1. The van der Waals surface area contributed by atoms with Gasteiger partial charge in [0, 0.05) is 6.08 Å². The molecule has 0 saturated heterocycles. The number of hydrogen-bond donors (Lipinski definition) is 1. The highest BCUT2D eigenvalue weighted by molar-refractivity contribution is 5.91. The Balaban J connectivity index is 2.05. The zero-order valence-electron chi connectivity index (χ0n) is 15.3. The van der Waals surface area contributed by atoms with Crippen LogP contribution in [0.25, 0.3) is 6.08 Å². The molecule has 0 spiro atoms. The van der Waals surface area contributed by atoms with E-state index in [0.717, 1.165) is 5.56 Å². The summed E-state index contributed by atoms with van der Waals surface area (Å²) in [6.45, 7) is 6.79. The zero-order valence-corrected chi connectivity index (χ0v) is 15.3. The minimum Gasteiger partial charge on any atom is -0.490 e. The van der Waals surface area contributed by atoms with Crippen molar-refractivity contribution in [3.8, 4) is 11.5 Å². The molecule has 0 saturated carbocycles. The van der Waals surface area contributed by atoms with Crippen LogP contribution in [0, 0.1) is 5.82 Å². The van der Waals surface area contributed by atoms with Crippen LogP contribution in [0.3, 0.4) is 0 Å². The molecule has 2 aromatic rings. The van der Waals surface area contributed by atoms with E-state index in [9.17, 15) is 9.18 Å². The molecule has 2 rings (SSSR count). The van der Waals surface area contributed by atoms with E-state index < -0.39 is 0 Å². The summed E-state index contributed by atoms with van der Waals surface area (Å²) in [7, 11) is 0. The maximum absolute atomic E-state index is 13.2.